The molecule has 1 N–H and O–H groups in total. The van der Waals surface area contributed by atoms with Gasteiger partial charge in [0.05, 0.1) is 31.2 Å². The third-order valence-corrected chi connectivity index (χ3v) is 4.68. The highest BCUT2D eigenvalue weighted by atomic mass is 35.5. The van der Waals surface area contributed by atoms with Crippen LogP contribution in [-0.4, -0.2) is 82.2 Å². The number of ether oxygens (including phenoxy) is 1. The standard InChI is InChI=1S/C18H26ClN5O5/c1-3-23(11-14-4-5-16(19)20-10-14)18-15(24(27)28)12-22(13-21(18)2)7-6-17(26)29-9-8-25/h4-5,10,25H,3,6-9,11-13H2,1-2H3. The van der Waals surface area contributed by atoms with Gasteiger partial charge in [-0.05, 0) is 18.6 Å². The molecule has 2 heterocycles. The summed E-state index contributed by atoms with van der Waals surface area (Å²) >= 11 is 5.83. The molecular weight excluding hydrogens is 402 g/mol. The maximum Gasteiger partial charge on any atom is 0.307 e. The van der Waals surface area contributed by atoms with Crippen molar-refractivity contribution < 1.29 is 19.6 Å². The fraction of sp³-hybridized carbons (Fsp3) is 0.556. The minimum atomic E-state index is -0.440. The van der Waals surface area contributed by atoms with Crippen molar-refractivity contribution in [3.8, 4) is 0 Å². The van der Waals surface area contributed by atoms with Crippen LogP contribution in [0.3, 0.4) is 0 Å². The lowest BCUT2D eigenvalue weighted by atomic mass is 10.2. The van der Waals surface area contributed by atoms with E-state index in [4.69, 9.17) is 21.4 Å². The molecule has 10 nitrogen and oxygen atoms in total. The molecule has 0 saturated heterocycles. The Hall–Kier alpha value is -2.43. The van der Waals surface area contributed by atoms with E-state index in [9.17, 15) is 14.9 Å². The summed E-state index contributed by atoms with van der Waals surface area (Å²) in [5.74, 6) is 0.108. The first-order valence-corrected chi connectivity index (χ1v) is 9.66. The van der Waals surface area contributed by atoms with Gasteiger partial charge in [-0.1, -0.05) is 17.7 Å². The van der Waals surface area contributed by atoms with Crippen molar-refractivity contribution >= 4 is 17.6 Å². The van der Waals surface area contributed by atoms with Crippen molar-refractivity contribution in [3.63, 3.8) is 0 Å². The molecule has 1 aromatic heterocycles. The summed E-state index contributed by atoms with van der Waals surface area (Å²) in [4.78, 5) is 32.7. The van der Waals surface area contributed by atoms with E-state index in [0.29, 0.717) is 37.3 Å². The smallest absolute Gasteiger partial charge is 0.307 e. The second-order valence-electron chi connectivity index (χ2n) is 6.62. The highest BCUT2D eigenvalue weighted by molar-refractivity contribution is 6.29. The van der Waals surface area contributed by atoms with Gasteiger partial charge in [0.1, 0.15) is 11.8 Å². The normalized spacial score (nSPS) is 14.8. The zero-order chi connectivity index (χ0) is 21.4. The molecule has 2 rings (SSSR count). The Morgan fingerprint density at radius 3 is 2.83 bits per heavy atom. The lowest BCUT2D eigenvalue weighted by molar-refractivity contribution is -0.433. The fourth-order valence-electron chi connectivity index (χ4n) is 3.17. The maximum absolute atomic E-state index is 11.8. The van der Waals surface area contributed by atoms with Crippen molar-refractivity contribution in [3.05, 3.63) is 50.7 Å². The summed E-state index contributed by atoms with van der Waals surface area (Å²) in [6, 6.07) is 3.53. The van der Waals surface area contributed by atoms with E-state index in [2.05, 4.69) is 4.98 Å². The van der Waals surface area contributed by atoms with Gasteiger partial charge in [0.25, 0.3) is 5.70 Å². The first kappa shape index (κ1) is 22.9. The summed E-state index contributed by atoms with van der Waals surface area (Å²) < 4.78 is 4.84. The van der Waals surface area contributed by atoms with E-state index in [1.807, 2.05) is 27.7 Å². The van der Waals surface area contributed by atoms with Crippen molar-refractivity contribution in [2.45, 2.75) is 19.9 Å². The number of nitrogens with zero attached hydrogens (tertiary/aromatic N) is 5. The van der Waals surface area contributed by atoms with E-state index in [-0.39, 0.29) is 36.8 Å². The molecule has 0 atom stereocenters. The minimum absolute atomic E-state index is 0.0477. The number of aliphatic hydroxyl groups excluding tert-OH is 1. The molecule has 0 fully saturated rings. The van der Waals surface area contributed by atoms with Gasteiger partial charge in [0.2, 0.25) is 0 Å². The third kappa shape index (κ3) is 6.55. The SMILES string of the molecule is CCN(Cc1ccc(Cl)nc1)C1=C([N+](=O)[O-])CN(CCC(=O)OCCO)CN1C. The van der Waals surface area contributed by atoms with Gasteiger partial charge in [-0.2, -0.15) is 0 Å². The van der Waals surface area contributed by atoms with Gasteiger partial charge in [0, 0.05) is 32.9 Å². The van der Waals surface area contributed by atoms with E-state index >= 15 is 0 Å². The molecule has 0 radical (unpaired) electrons. The van der Waals surface area contributed by atoms with Crippen LogP contribution in [0.5, 0.6) is 0 Å². The quantitative estimate of drug-likeness (QED) is 0.254. The summed E-state index contributed by atoms with van der Waals surface area (Å²) in [5.41, 5.74) is 0.972. The van der Waals surface area contributed by atoms with Gasteiger partial charge >= 0.3 is 5.97 Å². The summed E-state index contributed by atoms with van der Waals surface area (Å²) in [7, 11) is 1.79. The number of carbonyl (C=O) groups is 1. The average molecular weight is 428 g/mol. The van der Waals surface area contributed by atoms with E-state index in [1.54, 1.807) is 19.3 Å². The Labute approximate surface area is 174 Å². The molecule has 0 spiro atoms. The number of rotatable bonds is 10. The zero-order valence-corrected chi connectivity index (χ0v) is 17.3. The Kier molecular flexibility index (Phi) is 8.62. The number of nitro groups is 1. The monoisotopic (exact) mass is 427 g/mol. The van der Waals surface area contributed by atoms with E-state index < -0.39 is 5.97 Å². The Bertz CT molecular complexity index is 743. The molecule has 0 unspecified atom stereocenters. The number of aliphatic hydroxyl groups is 1. The van der Waals surface area contributed by atoms with Crippen LogP contribution in [-0.2, 0) is 16.1 Å². The summed E-state index contributed by atoms with van der Waals surface area (Å²) in [6.07, 6.45) is 1.76. The molecule has 1 aliphatic rings. The Morgan fingerprint density at radius 1 is 1.48 bits per heavy atom. The van der Waals surface area contributed by atoms with Crippen LogP contribution in [0.25, 0.3) is 0 Å². The molecule has 0 aliphatic carbocycles. The summed E-state index contributed by atoms with van der Waals surface area (Å²) in [6.45, 7) is 3.58. The highest BCUT2D eigenvalue weighted by Crippen LogP contribution is 2.23. The van der Waals surface area contributed by atoms with Crippen molar-refractivity contribution in [2.75, 3.05) is 46.6 Å². The topological polar surface area (TPSA) is 112 Å². The van der Waals surface area contributed by atoms with Crippen molar-refractivity contribution in [1.29, 1.82) is 0 Å². The predicted molar refractivity (Wildman–Crippen MR) is 106 cm³/mol. The third-order valence-electron chi connectivity index (χ3n) is 4.46. The second kappa shape index (κ2) is 10.9. The molecule has 1 aromatic rings. The van der Waals surface area contributed by atoms with Crippen LogP contribution < -0.4 is 0 Å². The first-order chi connectivity index (χ1) is 13.8. The lowest BCUT2D eigenvalue weighted by Crippen LogP contribution is -2.48. The van der Waals surface area contributed by atoms with Crippen LogP contribution in [0.2, 0.25) is 5.15 Å². The zero-order valence-electron chi connectivity index (χ0n) is 16.6. The molecule has 29 heavy (non-hydrogen) atoms. The van der Waals surface area contributed by atoms with Gasteiger partial charge in [-0.15, -0.1) is 0 Å². The van der Waals surface area contributed by atoms with Crippen LogP contribution in [0.15, 0.2) is 29.8 Å². The number of pyridine rings is 1. The van der Waals surface area contributed by atoms with E-state index in [0.717, 1.165) is 5.56 Å². The molecule has 11 heteroatoms. The van der Waals surface area contributed by atoms with Gasteiger partial charge in [0.15, 0.2) is 5.82 Å². The van der Waals surface area contributed by atoms with Crippen molar-refractivity contribution in [2.24, 2.45) is 0 Å². The number of halogens is 1. The number of hydrogen-bond acceptors (Lipinski definition) is 9. The molecule has 160 valence electrons. The van der Waals surface area contributed by atoms with Gasteiger partial charge in [-0.25, -0.2) is 4.98 Å². The Morgan fingerprint density at radius 2 is 2.24 bits per heavy atom. The number of aromatic nitrogens is 1. The highest BCUT2D eigenvalue weighted by Gasteiger charge is 2.33. The molecule has 0 aromatic carbocycles. The maximum atomic E-state index is 11.8. The van der Waals surface area contributed by atoms with Crippen LogP contribution in [0, 0.1) is 10.1 Å². The van der Waals surface area contributed by atoms with E-state index in [1.165, 1.54) is 0 Å². The van der Waals surface area contributed by atoms with Gasteiger partial charge in [-0.3, -0.25) is 19.8 Å². The summed E-state index contributed by atoms with van der Waals surface area (Å²) in [5, 5.41) is 20.9. The minimum Gasteiger partial charge on any atom is -0.463 e. The van der Waals surface area contributed by atoms with Crippen LogP contribution in [0.1, 0.15) is 18.9 Å². The molecule has 0 saturated carbocycles. The molecule has 0 bridgehead atoms. The van der Waals surface area contributed by atoms with Crippen molar-refractivity contribution in [1.82, 2.24) is 19.7 Å². The predicted octanol–water partition coefficient (Wildman–Crippen LogP) is 1.13. The number of esters is 1. The molecule has 0 amide bonds. The van der Waals surface area contributed by atoms with Crippen LogP contribution in [0.4, 0.5) is 0 Å². The number of hydrogen-bond donors (Lipinski definition) is 1. The number of carbonyl (C=O) groups excluding carboxylic acids is 1. The fourth-order valence-corrected chi connectivity index (χ4v) is 3.28. The molecule has 1 aliphatic heterocycles. The van der Waals surface area contributed by atoms with Crippen LogP contribution >= 0.6 is 11.6 Å². The first-order valence-electron chi connectivity index (χ1n) is 9.28. The molecular formula is C18H26ClN5O5. The second-order valence-corrected chi connectivity index (χ2v) is 7.00. The van der Waals surface area contributed by atoms with Gasteiger partial charge < -0.3 is 19.6 Å². The average Bonchev–Trinajstić information content (AvgIpc) is 2.70. The lowest BCUT2D eigenvalue weighted by Gasteiger charge is -2.39. The Balaban J connectivity index is 2.14. The largest absolute Gasteiger partial charge is 0.463 e.